The molecular weight excluding hydrogens is 360 g/mol. The molecule has 4 aromatic rings. The maximum atomic E-state index is 12.5. The monoisotopic (exact) mass is 382 g/mol. The zero-order valence-corrected chi connectivity index (χ0v) is 16.0. The predicted molar refractivity (Wildman–Crippen MR) is 117 cm³/mol. The van der Waals surface area contributed by atoms with Crippen molar-refractivity contribution in [2.45, 2.75) is 6.42 Å². The van der Waals surface area contributed by atoms with E-state index in [0.717, 1.165) is 21.5 Å². The van der Waals surface area contributed by atoms with Crippen LogP contribution in [0, 0.1) is 0 Å². The largest absolute Gasteiger partial charge is 0.352 e. The number of carbonyl (C=O) groups excluding carboxylic acids is 2. The first-order valence-corrected chi connectivity index (χ1v) is 9.76. The molecule has 0 bridgehead atoms. The molecule has 0 aliphatic heterocycles. The smallest absolute Gasteiger partial charge is 0.251 e. The summed E-state index contributed by atoms with van der Waals surface area (Å²) in [5.41, 5.74) is 1.34. The zero-order valence-electron chi connectivity index (χ0n) is 16.0. The van der Waals surface area contributed by atoms with Crippen LogP contribution in [0.3, 0.4) is 0 Å². The van der Waals surface area contributed by atoms with Crippen LogP contribution in [0.4, 0.5) is 0 Å². The molecule has 29 heavy (non-hydrogen) atoms. The van der Waals surface area contributed by atoms with Crippen molar-refractivity contribution < 1.29 is 9.59 Å². The summed E-state index contributed by atoms with van der Waals surface area (Å²) in [7, 11) is 0. The fourth-order valence-electron chi connectivity index (χ4n) is 3.53. The molecule has 0 atom stereocenters. The Bertz CT molecular complexity index is 1080. The Kier molecular flexibility index (Phi) is 5.52. The Labute approximate surface area is 169 Å². The summed E-state index contributed by atoms with van der Waals surface area (Å²) in [5, 5.41) is 9.86. The first-order valence-electron chi connectivity index (χ1n) is 9.76. The number of rotatable bonds is 6. The van der Waals surface area contributed by atoms with Gasteiger partial charge in [-0.3, -0.25) is 9.59 Å². The maximum absolute atomic E-state index is 12.5. The van der Waals surface area contributed by atoms with Crippen molar-refractivity contribution in [3.63, 3.8) is 0 Å². The molecule has 0 saturated heterocycles. The van der Waals surface area contributed by atoms with Gasteiger partial charge in [-0.2, -0.15) is 0 Å². The third-order valence-corrected chi connectivity index (χ3v) is 4.99. The molecule has 0 unspecified atom stereocenters. The fourth-order valence-corrected chi connectivity index (χ4v) is 3.53. The van der Waals surface area contributed by atoms with Crippen LogP contribution in [-0.4, -0.2) is 24.9 Å². The Morgan fingerprint density at radius 3 is 1.45 bits per heavy atom. The van der Waals surface area contributed by atoms with E-state index in [1.807, 2.05) is 84.9 Å². The summed E-state index contributed by atoms with van der Waals surface area (Å²) < 4.78 is 0. The molecule has 2 N–H and O–H groups in total. The molecule has 4 heteroatoms. The van der Waals surface area contributed by atoms with Crippen molar-refractivity contribution in [3.05, 3.63) is 96.1 Å². The highest BCUT2D eigenvalue weighted by atomic mass is 16.2. The van der Waals surface area contributed by atoms with E-state index in [-0.39, 0.29) is 11.8 Å². The number of fused-ring (bicyclic) bond motifs is 2. The molecule has 2 amide bonds. The van der Waals surface area contributed by atoms with Crippen LogP contribution >= 0.6 is 0 Å². The lowest BCUT2D eigenvalue weighted by Gasteiger charge is -2.10. The van der Waals surface area contributed by atoms with Gasteiger partial charge >= 0.3 is 0 Å². The van der Waals surface area contributed by atoms with Gasteiger partial charge < -0.3 is 10.6 Å². The van der Waals surface area contributed by atoms with Gasteiger partial charge in [0, 0.05) is 24.2 Å². The molecule has 144 valence electrons. The Balaban J connectivity index is 1.30. The van der Waals surface area contributed by atoms with E-state index in [1.165, 1.54) is 0 Å². The third kappa shape index (κ3) is 4.11. The van der Waals surface area contributed by atoms with Gasteiger partial charge in [-0.1, -0.05) is 72.8 Å². The van der Waals surface area contributed by atoms with E-state index in [0.29, 0.717) is 30.6 Å². The van der Waals surface area contributed by atoms with Gasteiger partial charge in [-0.25, -0.2) is 0 Å². The lowest BCUT2D eigenvalue weighted by molar-refractivity contribution is 0.0953. The third-order valence-electron chi connectivity index (χ3n) is 4.99. The molecular formula is C25H22N2O2. The first-order chi connectivity index (χ1) is 14.2. The average Bonchev–Trinajstić information content (AvgIpc) is 2.77. The molecule has 0 spiro atoms. The van der Waals surface area contributed by atoms with E-state index in [9.17, 15) is 9.59 Å². The summed E-state index contributed by atoms with van der Waals surface area (Å²) >= 11 is 0. The number of amides is 2. The second-order valence-corrected chi connectivity index (χ2v) is 6.92. The molecule has 4 nitrogen and oxygen atoms in total. The molecule has 0 aromatic heterocycles. The van der Waals surface area contributed by atoms with Crippen molar-refractivity contribution in [2.75, 3.05) is 13.1 Å². The second-order valence-electron chi connectivity index (χ2n) is 6.92. The topological polar surface area (TPSA) is 58.2 Å². The van der Waals surface area contributed by atoms with E-state index in [1.54, 1.807) is 0 Å². The number of benzene rings is 4. The Hall–Kier alpha value is -3.66. The highest BCUT2D eigenvalue weighted by Gasteiger charge is 2.10. The number of hydrogen-bond acceptors (Lipinski definition) is 2. The van der Waals surface area contributed by atoms with Gasteiger partial charge in [-0.05, 0) is 40.1 Å². The van der Waals surface area contributed by atoms with Crippen molar-refractivity contribution in [2.24, 2.45) is 0 Å². The van der Waals surface area contributed by atoms with Crippen LogP contribution in [-0.2, 0) is 0 Å². The van der Waals surface area contributed by atoms with Gasteiger partial charge in [0.05, 0.1) is 0 Å². The summed E-state index contributed by atoms with van der Waals surface area (Å²) in [6, 6.07) is 27.1. The van der Waals surface area contributed by atoms with E-state index >= 15 is 0 Å². The Morgan fingerprint density at radius 1 is 0.552 bits per heavy atom. The van der Waals surface area contributed by atoms with Crippen molar-refractivity contribution in [3.8, 4) is 0 Å². The minimum Gasteiger partial charge on any atom is -0.352 e. The minimum atomic E-state index is -0.0952. The molecule has 0 saturated carbocycles. The summed E-state index contributed by atoms with van der Waals surface area (Å²) in [6.07, 6.45) is 0.660. The quantitative estimate of drug-likeness (QED) is 0.481. The van der Waals surface area contributed by atoms with Crippen molar-refractivity contribution in [1.29, 1.82) is 0 Å². The average molecular weight is 382 g/mol. The highest BCUT2D eigenvalue weighted by Crippen LogP contribution is 2.19. The first kappa shape index (κ1) is 18.7. The van der Waals surface area contributed by atoms with Crippen LogP contribution in [0.15, 0.2) is 84.9 Å². The standard InChI is InChI=1S/C25H22N2O2/c28-24(22-14-5-10-18-8-1-3-12-20(18)22)26-16-7-17-27-25(29)23-15-6-11-19-9-2-4-13-21(19)23/h1-6,8-15H,7,16-17H2,(H,26,28)(H,27,29). The summed E-state index contributed by atoms with van der Waals surface area (Å²) in [5.74, 6) is -0.190. The molecule has 0 radical (unpaired) electrons. The molecule has 4 rings (SSSR count). The maximum Gasteiger partial charge on any atom is 0.251 e. The van der Waals surface area contributed by atoms with Gasteiger partial charge in [0.1, 0.15) is 0 Å². The van der Waals surface area contributed by atoms with E-state index in [2.05, 4.69) is 10.6 Å². The number of nitrogens with one attached hydrogen (secondary N) is 2. The molecule has 0 aliphatic rings. The van der Waals surface area contributed by atoms with Crippen LogP contribution in [0.2, 0.25) is 0 Å². The van der Waals surface area contributed by atoms with Gasteiger partial charge in [0.2, 0.25) is 0 Å². The summed E-state index contributed by atoms with van der Waals surface area (Å²) in [4.78, 5) is 25.1. The van der Waals surface area contributed by atoms with Gasteiger partial charge in [0.25, 0.3) is 11.8 Å². The zero-order chi connectivity index (χ0) is 20.1. The molecule has 0 aliphatic carbocycles. The van der Waals surface area contributed by atoms with Crippen LogP contribution in [0.25, 0.3) is 21.5 Å². The number of hydrogen-bond donors (Lipinski definition) is 2. The van der Waals surface area contributed by atoms with Crippen LogP contribution in [0.1, 0.15) is 27.1 Å². The minimum absolute atomic E-state index is 0.0952. The second kappa shape index (κ2) is 8.57. The highest BCUT2D eigenvalue weighted by molar-refractivity contribution is 6.07. The predicted octanol–water partition coefficient (Wildman–Crippen LogP) is 4.54. The molecule has 0 fully saturated rings. The fraction of sp³-hybridized carbons (Fsp3) is 0.120. The van der Waals surface area contributed by atoms with E-state index < -0.39 is 0 Å². The summed E-state index contributed by atoms with van der Waals surface area (Å²) in [6.45, 7) is 0.996. The van der Waals surface area contributed by atoms with Gasteiger partial charge in [-0.15, -0.1) is 0 Å². The molecule has 4 aromatic carbocycles. The van der Waals surface area contributed by atoms with Crippen LogP contribution < -0.4 is 10.6 Å². The van der Waals surface area contributed by atoms with Crippen molar-refractivity contribution >= 4 is 33.4 Å². The molecule has 0 heterocycles. The Morgan fingerprint density at radius 2 is 0.966 bits per heavy atom. The van der Waals surface area contributed by atoms with Crippen molar-refractivity contribution in [1.82, 2.24) is 10.6 Å². The lowest BCUT2D eigenvalue weighted by atomic mass is 10.0. The normalized spacial score (nSPS) is 10.8. The lowest BCUT2D eigenvalue weighted by Crippen LogP contribution is -2.30. The van der Waals surface area contributed by atoms with E-state index in [4.69, 9.17) is 0 Å². The van der Waals surface area contributed by atoms with Gasteiger partial charge in [0.15, 0.2) is 0 Å². The SMILES string of the molecule is O=C(NCCCNC(=O)c1cccc2ccccc12)c1cccc2ccccc12. The van der Waals surface area contributed by atoms with Crippen LogP contribution in [0.5, 0.6) is 0 Å². The number of carbonyl (C=O) groups is 2.